The van der Waals surface area contributed by atoms with Crippen LogP contribution in [0.5, 0.6) is 5.75 Å². The van der Waals surface area contributed by atoms with Gasteiger partial charge < -0.3 is 24.8 Å². The second-order valence-electron chi connectivity index (χ2n) is 7.92. The smallest absolute Gasteiger partial charge is 0.191 e. The van der Waals surface area contributed by atoms with E-state index in [1.807, 2.05) is 12.1 Å². The number of nitrogens with one attached hydrogen (secondary N) is 2. The molecule has 2 heterocycles. The number of aliphatic imine (C=N–C) groups is 1. The summed E-state index contributed by atoms with van der Waals surface area (Å²) in [5.41, 5.74) is 1.13. The maximum absolute atomic E-state index is 5.88. The Balaban J connectivity index is 1.68. The number of hydrogen-bond donors (Lipinski definition) is 2. The Morgan fingerprint density at radius 2 is 1.97 bits per heavy atom. The molecule has 0 amide bonds. The van der Waals surface area contributed by atoms with E-state index >= 15 is 0 Å². The van der Waals surface area contributed by atoms with Crippen LogP contribution in [-0.2, 0) is 9.47 Å². The molecule has 2 aliphatic heterocycles. The van der Waals surface area contributed by atoms with E-state index in [0.717, 1.165) is 70.6 Å². The second-order valence-corrected chi connectivity index (χ2v) is 7.92. The molecular formula is C22H36N4O3. The Kier molecular flexibility index (Phi) is 8.15. The first kappa shape index (κ1) is 21.9. The lowest BCUT2D eigenvalue weighted by Crippen LogP contribution is -2.46. The average Bonchev–Trinajstić information content (AvgIpc) is 3.20. The van der Waals surface area contributed by atoms with Crippen LogP contribution in [0.25, 0.3) is 0 Å². The molecule has 0 aromatic heterocycles. The van der Waals surface area contributed by atoms with Crippen molar-refractivity contribution in [2.24, 2.45) is 4.99 Å². The van der Waals surface area contributed by atoms with Crippen molar-refractivity contribution in [2.45, 2.75) is 38.3 Å². The summed E-state index contributed by atoms with van der Waals surface area (Å²) in [6.07, 6.45) is 2.19. The van der Waals surface area contributed by atoms with E-state index in [1.165, 1.54) is 5.56 Å². The quantitative estimate of drug-likeness (QED) is 0.511. The highest BCUT2D eigenvalue weighted by Gasteiger charge is 2.29. The highest BCUT2D eigenvalue weighted by Crippen LogP contribution is 2.25. The average molecular weight is 405 g/mol. The van der Waals surface area contributed by atoms with Gasteiger partial charge >= 0.3 is 0 Å². The first-order valence-electron chi connectivity index (χ1n) is 10.8. The summed E-state index contributed by atoms with van der Waals surface area (Å²) in [7, 11) is 1.70. The minimum atomic E-state index is -0.137. The van der Waals surface area contributed by atoms with E-state index in [-0.39, 0.29) is 11.6 Å². The zero-order chi connectivity index (χ0) is 20.5. The third-order valence-corrected chi connectivity index (χ3v) is 5.67. The normalized spacial score (nSPS) is 24.3. The molecule has 7 heteroatoms. The number of nitrogens with zero attached hydrogens (tertiary/aromatic N) is 2. The molecule has 2 saturated heterocycles. The van der Waals surface area contributed by atoms with Crippen molar-refractivity contribution in [2.75, 3.05) is 59.7 Å². The summed E-state index contributed by atoms with van der Waals surface area (Å²) < 4.78 is 16.8. The number of morpholine rings is 1. The Bertz CT molecular complexity index is 638. The lowest BCUT2D eigenvalue weighted by Gasteiger charge is -2.35. The number of rotatable bonds is 8. The van der Waals surface area contributed by atoms with Crippen molar-refractivity contribution >= 4 is 5.96 Å². The molecule has 1 aromatic rings. The molecule has 2 unspecified atom stereocenters. The topological polar surface area (TPSA) is 67.4 Å². The molecule has 0 bridgehead atoms. The molecule has 7 nitrogen and oxygen atoms in total. The number of ether oxygens (including phenoxy) is 3. The van der Waals surface area contributed by atoms with Gasteiger partial charge in [0.1, 0.15) is 5.75 Å². The van der Waals surface area contributed by atoms with Crippen LogP contribution in [0.3, 0.4) is 0 Å². The summed E-state index contributed by atoms with van der Waals surface area (Å²) in [6.45, 7) is 10.8. The maximum Gasteiger partial charge on any atom is 0.191 e. The van der Waals surface area contributed by atoms with Gasteiger partial charge in [0.05, 0.1) is 38.5 Å². The predicted molar refractivity (Wildman–Crippen MR) is 116 cm³/mol. The molecule has 0 aliphatic carbocycles. The van der Waals surface area contributed by atoms with Crippen molar-refractivity contribution < 1.29 is 14.2 Å². The van der Waals surface area contributed by atoms with Gasteiger partial charge in [-0.1, -0.05) is 12.1 Å². The fourth-order valence-electron chi connectivity index (χ4n) is 3.92. The monoisotopic (exact) mass is 404 g/mol. The van der Waals surface area contributed by atoms with Crippen molar-refractivity contribution in [1.29, 1.82) is 0 Å². The van der Waals surface area contributed by atoms with Gasteiger partial charge in [-0.25, -0.2) is 0 Å². The van der Waals surface area contributed by atoms with Gasteiger partial charge in [-0.05, 0) is 44.4 Å². The molecule has 1 aromatic carbocycles. The zero-order valence-corrected chi connectivity index (χ0v) is 18.1. The summed E-state index contributed by atoms with van der Waals surface area (Å²) in [5, 5.41) is 6.93. The fraction of sp³-hybridized carbons (Fsp3) is 0.682. The van der Waals surface area contributed by atoms with Crippen molar-refractivity contribution in [3.05, 3.63) is 29.8 Å². The molecule has 2 atom stereocenters. The molecular weight excluding hydrogens is 368 g/mol. The summed E-state index contributed by atoms with van der Waals surface area (Å²) >= 11 is 0. The number of methoxy groups -OCH3 is 1. The predicted octanol–water partition coefficient (Wildman–Crippen LogP) is 2.19. The Morgan fingerprint density at radius 3 is 2.59 bits per heavy atom. The zero-order valence-electron chi connectivity index (χ0n) is 18.1. The second kappa shape index (κ2) is 10.8. The minimum Gasteiger partial charge on any atom is -0.497 e. The third-order valence-electron chi connectivity index (χ3n) is 5.67. The number of guanidine groups is 1. The largest absolute Gasteiger partial charge is 0.497 e. The van der Waals surface area contributed by atoms with Gasteiger partial charge in [-0.3, -0.25) is 9.89 Å². The molecule has 3 rings (SSSR count). The SMILES string of the molecule is CCNC(=NCC1(C)CCCO1)NCC(c1ccc(OC)cc1)N1CCOCC1. The van der Waals surface area contributed by atoms with E-state index in [0.29, 0.717) is 6.54 Å². The molecule has 2 N–H and O–H groups in total. The minimum absolute atomic E-state index is 0.137. The Hall–Kier alpha value is -1.83. The summed E-state index contributed by atoms with van der Waals surface area (Å²) in [5.74, 6) is 1.72. The lowest BCUT2D eigenvalue weighted by molar-refractivity contribution is 0.0169. The maximum atomic E-state index is 5.88. The summed E-state index contributed by atoms with van der Waals surface area (Å²) in [4.78, 5) is 7.29. The van der Waals surface area contributed by atoms with Gasteiger partial charge in [-0.2, -0.15) is 0 Å². The molecule has 29 heavy (non-hydrogen) atoms. The first-order valence-corrected chi connectivity index (χ1v) is 10.8. The Morgan fingerprint density at radius 1 is 1.21 bits per heavy atom. The van der Waals surface area contributed by atoms with Crippen LogP contribution in [0.2, 0.25) is 0 Å². The van der Waals surface area contributed by atoms with Crippen LogP contribution in [0.4, 0.5) is 0 Å². The highest BCUT2D eigenvalue weighted by molar-refractivity contribution is 5.79. The third kappa shape index (κ3) is 6.32. The van der Waals surface area contributed by atoms with Crippen LogP contribution >= 0.6 is 0 Å². The number of hydrogen-bond acceptors (Lipinski definition) is 5. The van der Waals surface area contributed by atoms with Crippen molar-refractivity contribution in [3.8, 4) is 5.75 Å². The standard InChI is InChI=1S/C22H36N4O3/c1-4-23-21(25-17-22(2)10-5-13-29-22)24-16-20(26-11-14-28-15-12-26)18-6-8-19(27-3)9-7-18/h6-9,20H,4-5,10-17H2,1-3H3,(H2,23,24,25). The molecule has 2 fully saturated rings. The molecule has 162 valence electrons. The fourth-order valence-corrected chi connectivity index (χ4v) is 3.92. The molecule has 0 radical (unpaired) electrons. The molecule has 0 saturated carbocycles. The number of benzene rings is 1. The van der Waals surface area contributed by atoms with Crippen molar-refractivity contribution in [1.82, 2.24) is 15.5 Å². The van der Waals surface area contributed by atoms with Gasteiger partial charge in [0, 0.05) is 32.8 Å². The van der Waals surface area contributed by atoms with Crippen LogP contribution in [0, 0.1) is 0 Å². The molecule has 2 aliphatic rings. The highest BCUT2D eigenvalue weighted by atomic mass is 16.5. The first-order chi connectivity index (χ1) is 14.1. The van der Waals surface area contributed by atoms with Gasteiger partial charge in [0.2, 0.25) is 0 Å². The van der Waals surface area contributed by atoms with Gasteiger partial charge in [-0.15, -0.1) is 0 Å². The van der Waals surface area contributed by atoms with Crippen molar-refractivity contribution in [3.63, 3.8) is 0 Å². The molecule has 0 spiro atoms. The summed E-state index contributed by atoms with van der Waals surface area (Å²) in [6, 6.07) is 8.60. The lowest BCUT2D eigenvalue weighted by atomic mass is 10.0. The Labute approximate surface area is 174 Å². The van der Waals surface area contributed by atoms with Crippen LogP contribution in [-0.4, -0.2) is 76.1 Å². The van der Waals surface area contributed by atoms with Crippen LogP contribution in [0.1, 0.15) is 38.3 Å². The van der Waals surface area contributed by atoms with Crippen LogP contribution in [0.15, 0.2) is 29.3 Å². The van der Waals surface area contributed by atoms with E-state index < -0.39 is 0 Å². The van der Waals surface area contributed by atoms with E-state index in [4.69, 9.17) is 19.2 Å². The van der Waals surface area contributed by atoms with E-state index in [9.17, 15) is 0 Å². The van der Waals surface area contributed by atoms with Gasteiger partial charge in [0.25, 0.3) is 0 Å². The van der Waals surface area contributed by atoms with E-state index in [2.05, 4.69) is 41.5 Å². The van der Waals surface area contributed by atoms with Crippen LogP contribution < -0.4 is 15.4 Å². The van der Waals surface area contributed by atoms with E-state index in [1.54, 1.807) is 7.11 Å². The van der Waals surface area contributed by atoms with Gasteiger partial charge in [0.15, 0.2) is 5.96 Å².